The Morgan fingerprint density at radius 3 is 1.78 bits per heavy atom. The molecule has 0 bridgehead atoms. The molecule has 50 heavy (non-hydrogen) atoms. The normalized spacial score (nSPS) is 14.6. The molecule has 1 aliphatic rings. The second kappa shape index (κ2) is 11.5. The molecule has 7 aromatic carbocycles. The molecule has 0 radical (unpaired) electrons. The number of nitrogens with zero attached hydrogens (tertiary/aromatic N) is 2. The number of furan rings is 2. The van der Waals surface area contributed by atoms with E-state index >= 15 is 0 Å². The predicted molar refractivity (Wildman–Crippen MR) is 204 cm³/mol. The van der Waals surface area contributed by atoms with Gasteiger partial charge in [0.1, 0.15) is 34.0 Å². The second-order valence-electron chi connectivity index (χ2n) is 12.5. The minimum atomic E-state index is -0.528. The van der Waals surface area contributed by atoms with Gasteiger partial charge in [-0.1, -0.05) is 146 Å². The lowest BCUT2D eigenvalue weighted by Gasteiger charge is -2.22. The van der Waals surface area contributed by atoms with E-state index in [-0.39, 0.29) is 0 Å². The minimum Gasteiger partial charge on any atom is -0.455 e. The average Bonchev–Trinajstić information content (AvgIpc) is 3.77. The summed E-state index contributed by atoms with van der Waals surface area (Å²) in [6, 6.07) is 56.2. The number of rotatable bonds is 5. The van der Waals surface area contributed by atoms with Crippen LogP contribution < -0.4 is 5.32 Å². The third-order valence-electron chi connectivity index (χ3n) is 9.58. The van der Waals surface area contributed by atoms with E-state index in [1.54, 1.807) is 0 Å². The van der Waals surface area contributed by atoms with Crippen LogP contribution in [-0.2, 0) is 0 Å². The molecule has 2 aromatic heterocycles. The molecule has 1 N–H and O–H groups in total. The van der Waals surface area contributed by atoms with E-state index < -0.39 is 6.17 Å². The molecule has 3 heterocycles. The van der Waals surface area contributed by atoms with Gasteiger partial charge in [0.05, 0.1) is 5.56 Å². The zero-order valence-electron chi connectivity index (χ0n) is 26.9. The molecule has 0 saturated carbocycles. The van der Waals surface area contributed by atoms with Crippen molar-refractivity contribution in [3.63, 3.8) is 0 Å². The molecule has 0 fully saturated rings. The Labute approximate surface area is 287 Å². The van der Waals surface area contributed by atoms with E-state index in [4.69, 9.17) is 18.8 Å². The summed E-state index contributed by atoms with van der Waals surface area (Å²) in [5.41, 5.74) is 10.6. The summed E-state index contributed by atoms with van der Waals surface area (Å²) in [4.78, 5) is 10.5. The molecule has 236 valence electrons. The Kier molecular flexibility index (Phi) is 6.49. The van der Waals surface area contributed by atoms with Gasteiger partial charge in [-0.2, -0.15) is 0 Å². The Morgan fingerprint density at radius 2 is 0.960 bits per heavy atom. The van der Waals surface area contributed by atoms with Crippen molar-refractivity contribution in [3.8, 4) is 22.3 Å². The second-order valence-corrected chi connectivity index (χ2v) is 12.5. The number of nitrogens with one attached hydrogen (secondary N) is 1. The summed E-state index contributed by atoms with van der Waals surface area (Å²) >= 11 is 0. The van der Waals surface area contributed by atoms with Gasteiger partial charge in [-0.3, -0.25) is 0 Å². The molecule has 1 atom stereocenters. The van der Waals surface area contributed by atoms with Crippen molar-refractivity contribution in [2.24, 2.45) is 9.98 Å². The van der Waals surface area contributed by atoms with Crippen LogP contribution in [0.25, 0.3) is 66.1 Å². The third-order valence-corrected chi connectivity index (χ3v) is 9.58. The molecule has 5 nitrogen and oxygen atoms in total. The van der Waals surface area contributed by atoms with Gasteiger partial charge >= 0.3 is 0 Å². The highest BCUT2D eigenvalue weighted by Crippen LogP contribution is 2.41. The molecular weight excluding hydrogens is 615 g/mol. The van der Waals surface area contributed by atoms with E-state index in [0.717, 1.165) is 77.5 Å². The van der Waals surface area contributed by atoms with E-state index in [0.29, 0.717) is 5.84 Å². The highest BCUT2D eigenvalue weighted by atomic mass is 16.3. The Morgan fingerprint density at radius 1 is 0.400 bits per heavy atom. The lowest BCUT2D eigenvalue weighted by molar-refractivity contribution is 0.666. The Bertz CT molecular complexity index is 2770. The minimum absolute atomic E-state index is 0.528. The van der Waals surface area contributed by atoms with Crippen LogP contribution in [0.5, 0.6) is 0 Å². The van der Waals surface area contributed by atoms with E-state index in [9.17, 15) is 0 Å². The van der Waals surface area contributed by atoms with Crippen molar-refractivity contribution in [2.45, 2.75) is 6.17 Å². The summed E-state index contributed by atoms with van der Waals surface area (Å²) in [6.45, 7) is 0. The van der Waals surface area contributed by atoms with Crippen LogP contribution in [0.3, 0.4) is 0 Å². The topological polar surface area (TPSA) is 63.0 Å². The number of amidine groups is 2. The fourth-order valence-corrected chi connectivity index (χ4v) is 7.19. The maximum absolute atomic E-state index is 6.67. The molecule has 0 aliphatic carbocycles. The first kappa shape index (κ1) is 28.3. The zero-order valence-corrected chi connectivity index (χ0v) is 26.9. The number of hydrogen-bond acceptors (Lipinski definition) is 5. The monoisotopic (exact) mass is 643 g/mol. The van der Waals surface area contributed by atoms with Crippen LogP contribution in [0.4, 0.5) is 0 Å². The van der Waals surface area contributed by atoms with Crippen LogP contribution >= 0.6 is 0 Å². The van der Waals surface area contributed by atoms with Gasteiger partial charge in [-0.15, -0.1) is 0 Å². The first-order valence-corrected chi connectivity index (χ1v) is 16.8. The van der Waals surface area contributed by atoms with Crippen molar-refractivity contribution in [1.29, 1.82) is 0 Å². The maximum atomic E-state index is 6.67. The van der Waals surface area contributed by atoms with E-state index in [1.807, 2.05) is 54.6 Å². The van der Waals surface area contributed by atoms with Crippen LogP contribution in [-0.4, -0.2) is 11.7 Å². The third kappa shape index (κ3) is 4.63. The smallest absolute Gasteiger partial charge is 0.170 e. The van der Waals surface area contributed by atoms with Gasteiger partial charge in [-0.05, 0) is 34.9 Å². The fourth-order valence-electron chi connectivity index (χ4n) is 7.19. The summed E-state index contributed by atoms with van der Waals surface area (Å²) in [7, 11) is 0. The molecule has 0 saturated heterocycles. The van der Waals surface area contributed by atoms with Crippen LogP contribution in [0, 0.1) is 0 Å². The number of fused-ring (bicyclic) bond motifs is 6. The standard InChI is InChI=1S/C45H29N3O2/c1-3-12-28(13-4-1)29-24-26-30(27-25-29)32-17-9-19-35-40-36(20-11-23-39(40)50-41(32)35)44-46-43(31-14-5-2-6-15-31)47-45(48-44)37-21-10-18-34-33-16-7-8-22-38(33)49-42(34)37/h1-27,44H,(H,46,47,48). The van der Waals surface area contributed by atoms with Crippen molar-refractivity contribution >= 4 is 55.5 Å². The predicted octanol–water partition coefficient (Wildman–Crippen LogP) is 11.3. The lowest BCUT2D eigenvalue weighted by atomic mass is 9.97. The number of para-hydroxylation sites is 3. The Hall–Kier alpha value is -6.72. The zero-order chi connectivity index (χ0) is 33.0. The molecule has 5 heteroatoms. The van der Waals surface area contributed by atoms with Gasteiger partial charge in [0, 0.05) is 38.2 Å². The Balaban J connectivity index is 1.14. The largest absolute Gasteiger partial charge is 0.455 e. The summed E-state index contributed by atoms with van der Waals surface area (Å²) in [5.74, 6) is 1.45. The van der Waals surface area contributed by atoms with Crippen LogP contribution in [0.2, 0.25) is 0 Å². The summed E-state index contributed by atoms with van der Waals surface area (Å²) in [6.07, 6.45) is -0.528. The number of hydrogen-bond donors (Lipinski definition) is 1. The molecule has 0 spiro atoms. The highest BCUT2D eigenvalue weighted by Gasteiger charge is 2.26. The molecular formula is C45H29N3O2. The molecule has 0 amide bonds. The molecule has 9 aromatic rings. The van der Waals surface area contributed by atoms with Gasteiger partial charge in [0.2, 0.25) is 0 Å². The maximum Gasteiger partial charge on any atom is 0.170 e. The van der Waals surface area contributed by atoms with E-state index in [2.05, 4.69) is 115 Å². The van der Waals surface area contributed by atoms with Gasteiger partial charge in [-0.25, -0.2) is 9.98 Å². The fraction of sp³-hybridized carbons (Fsp3) is 0.0222. The van der Waals surface area contributed by atoms with E-state index in [1.165, 1.54) is 11.1 Å². The first-order chi connectivity index (χ1) is 24.8. The van der Waals surface area contributed by atoms with Crippen molar-refractivity contribution in [2.75, 3.05) is 0 Å². The van der Waals surface area contributed by atoms with Gasteiger partial charge in [0.25, 0.3) is 0 Å². The van der Waals surface area contributed by atoms with Crippen molar-refractivity contribution < 1.29 is 8.83 Å². The number of aliphatic imine (C=N–C) groups is 2. The molecule has 1 aliphatic heterocycles. The van der Waals surface area contributed by atoms with Gasteiger partial charge in [0.15, 0.2) is 6.17 Å². The molecule has 10 rings (SSSR count). The van der Waals surface area contributed by atoms with Crippen LogP contribution in [0.15, 0.2) is 183 Å². The number of benzene rings is 7. The first-order valence-electron chi connectivity index (χ1n) is 16.8. The molecule has 1 unspecified atom stereocenters. The quantitative estimate of drug-likeness (QED) is 0.203. The van der Waals surface area contributed by atoms with Gasteiger partial charge < -0.3 is 14.2 Å². The highest BCUT2D eigenvalue weighted by molar-refractivity contribution is 6.21. The lowest BCUT2D eigenvalue weighted by Crippen LogP contribution is -2.36. The van der Waals surface area contributed by atoms with Crippen LogP contribution in [0.1, 0.15) is 22.9 Å². The van der Waals surface area contributed by atoms with Crippen molar-refractivity contribution in [1.82, 2.24) is 5.32 Å². The summed E-state index contributed by atoms with van der Waals surface area (Å²) in [5, 5.41) is 7.74. The summed E-state index contributed by atoms with van der Waals surface area (Å²) < 4.78 is 13.1. The SMILES string of the molecule is c1ccc(C2=NC(c3cccc4oc5c(-c6ccc(-c7ccccc7)cc6)cccc5c34)N=C(c3cccc4c3oc3ccccc34)N2)cc1. The average molecular weight is 644 g/mol. The van der Waals surface area contributed by atoms with Crippen molar-refractivity contribution in [3.05, 3.63) is 180 Å².